The molecule has 23 heavy (non-hydrogen) atoms. The summed E-state index contributed by atoms with van der Waals surface area (Å²) >= 11 is 5.99. The van der Waals surface area contributed by atoms with E-state index in [1.54, 1.807) is 36.4 Å². The molecule has 6 nitrogen and oxygen atoms in total. The van der Waals surface area contributed by atoms with Crippen LogP contribution in [0.3, 0.4) is 0 Å². The fourth-order valence-electron chi connectivity index (χ4n) is 1.68. The summed E-state index contributed by atoms with van der Waals surface area (Å²) in [5, 5.41) is 0.443. The highest BCUT2D eigenvalue weighted by Gasteiger charge is 2.06. The molecule has 1 heterocycles. The standard InChI is InChI=1S/C16H14ClN3O3/c1-23-14-7-5-11(10-12(14)17)6-8-15(21)19-20-16(22)13-4-2-3-9-18-13/h2-10H,1H3,(H,19,21)(H,20,22)/b8-6+. The number of nitrogens with zero attached hydrogens (tertiary/aromatic N) is 1. The van der Waals surface area contributed by atoms with Crippen molar-refractivity contribution in [1.29, 1.82) is 0 Å². The van der Waals surface area contributed by atoms with Crippen LogP contribution in [0, 0.1) is 0 Å². The molecule has 1 aromatic carbocycles. The average molecular weight is 332 g/mol. The first-order valence-electron chi connectivity index (χ1n) is 6.63. The van der Waals surface area contributed by atoms with Crippen LogP contribution in [0.15, 0.2) is 48.7 Å². The molecule has 2 amide bonds. The van der Waals surface area contributed by atoms with Gasteiger partial charge in [-0.3, -0.25) is 25.4 Å². The number of carbonyl (C=O) groups is 2. The van der Waals surface area contributed by atoms with Gasteiger partial charge < -0.3 is 4.74 Å². The van der Waals surface area contributed by atoms with Gasteiger partial charge in [-0.05, 0) is 35.9 Å². The summed E-state index contributed by atoms with van der Waals surface area (Å²) in [6, 6.07) is 10.0. The predicted molar refractivity (Wildman–Crippen MR) is 86.9 cm³/mol. The Bertz CT molecular complexity index is 733. The summed E-state index contributed by atoms with van der Waals surface area (Å²) in [5.74, 6) is -0.433. The predicted octanol–water partition coefficient (Wildman–Crippen LogP) is 2.22. The van der Waals surface area contributed by atoms with Crippen molar-refractivity contribution in [2.45, 2.75) is 0 Å². The maximum Gasteiger partial charge on any atom is 0.288 e. The molecule has 0 spiro atoms. The van der Waals surface area contributed by atoms with Gasteiger partial charge in [-0.15, -0.1) is 0 Å². The number of carbonyl (C=O) groups excluding carboxylic acids is 2. The van der Waals surface area contributed by atoms with Crippen LogP contribution in [0.2, 0.25) is 5.02 Å². The van der Waals surface area contributed by atoms with Gasteiger partial charge >= 0.3 is 0 Å². The molecule has 0 saturated carbocycles. The molecular weight excluding hydrogens is 318 g/mol. The molecule has 1 aromatic heterocycles. The number of nitrogens with one attached hydrogen (secondary N) is 2. The Morgan fingerprint density at radius 3 is 2.70 bits per heavy atom. The van der Waals surface area contributed by atoms with E-state index >= 15 is 0 Å². The number of hydrogen-bond donors (Lipinski definition) is 2. The normalized spacial score (nSPS) is 10.3. The van der Waals surface area contributed by atoms with E-state index in [2.05, 4.69) is 15.8 Å². The lowest BCUT2D eigenvalue weighted by atomic mass is 10.2. The number of ether oxygens (including phenoxy) is 1. The second-order valence-corrected chi connectivity index (χ2v) is 4.79. The summed E-state index contributed by atoms with van der Waals surface area (Å²) in [6.45, 7) is 0. The Balaban J connectivity index is 1.89. The zero-order valence-corrected chi connectivity index (χ0v) is 13.0. The zero-order chi connectivity index (χ0) is 16.7. The largest absolute Gasteiger partial charge is 0.495 e. The molecule has 0 unspecified atom stereocenters. The monoisotopic (exact) mass is 331 g/mol. The van der Waals surface area contributed by atoms with E-state index in [1.807, 2.05) is 0 Å². The van der Waals surface area contributed by atoms with Crippen molar-refractivity contribution in [3.8, 4) is 5.75 Å². The molecule has 0 fully saturated rings. The van der Waals surface area contributed by atoms with Gasteiger partial charge in [0.1, 0.15) is 11.4 Å². The van der Waals surface area contributed by atoms with Gasteiger partial charge in [-0.25, -0.2) is 0 Å². The minimum Gasteiger partial charge on any atom is -0.495 e. The van der Waals surface area contributed by atoms with Crippen LogP contribution >= 0.6 is 11.6 Å². The van der Waals surface area contributed by atoms with Gasteiger partial charge in [0, 0.05) is 12.3 Å². The molecule has 2 aromatic rings. The first kappa shape index (κ1) is 16.5. The third-order valence-electron chi connectivity index (χ3n) is 2.80. The van der Waals surface area contributed by atoms with Crippen molar-refractivity contribution in [3.05, 3.63) is 65.0 Å². The Morgan fingerprint density at radius 2 is 2.04 bits per heavy atom. The van der Waals surface area contributed by atoms with Gasteiger partial charge in [0.15, 0.2) is 0 Å². The van der Waals surface area contributed by atoms with Gasteiger partial charge in [0.2, 0.25) is 0 Å². The quantitative estimate of drug-likeness (QED) is 0.665. The maximum absolute atomic E-state index is 11.7. The maximum atomic E-state index is 11.7. The summed E-state index contributed by atoms with van der Waals surface area (Å²) in [6.07, 6.45) is 4.33. The Kier molecular flexibility index (Phi) is 5.71. The van der Waals surface area contributed by atoms with Crippen molar-refractivity contribution in [3.63, 3.8) is 0 Å². The summed E-state index contributed by atoms with van der Waals surface area (Å²) in [7, 11) is 1.52. The molecule has 0 atom stereocenters. The summed E-state index contributed by atoms with van der Waals surface area (Å²) in [5.41, 5.74) is 5.46. The Labute approximate surface area is 138 Å². The molecule has 0 aliphatic heterocycles. The van der Waals surface area contributed by atoms with Crippen LogP contribution < -0.4 is 15.6 Å². The van der Waals surface area contributed by atoms with E-state index in [-0.39, 0.29) is 5.69 Å². The lowest BCUT2D eigenvalue weighted by Crippen LogP contribution is -2.41. The highest BCUT2D eigenvalue weighted by molar-refractivity contribution is 6.32. The number of methoxy groups -OCH3 is 1. The lowest BCUT2D eigenvalue weighted by Gasteiger charge is -2.05. The smallest absolute Gasteiger partial charge is 0.288 e. The summed E-state index contributed by atoms with van der Waals surface area (Å²) < 4.78 is 5.04. The van der Waals surface area contributed by atoms with E-state index in [9.17, 15) is 9.59 Å². The van der Waals surface area contributed by atoms with Crippen LogP contribution in [0.4, 0.5) is 0 Å². The molecule has 0 saturated heterocycles. The average Bonchev–Trinajstić information content (AvgIpc) is 2.58. The molecule has 118 valence electrons. The van der Waals surface area contributed by atoms with Gasteiger partial charge in [-0.1, -0.05) is 23.7 Å². The highest BCUT2D eigenvalue weighted by Crippen LogP contribution is 2.25. The molecular formula is C16H14ClN3O3. The third-order valence-corrected chi connectivity index (χ3v) is 3.10. The number of amides is 2. The molecule has 0 aliphatic carbocycles. The van der Waals surface area contributed by atoms with Crippen molar-refractivity contribution in [2.24, 2.45) is 0 Å². The fraction of sp³-hybridized carbons (Fsp3) is 0.0625. The second-order valence-electron chi connectivity index (χ2n) is 4.39. The van der Waals surface area contributed by atoms with Gasteiger partial charge in [0.05, 0.1) is 12.1 Å². The van der Waals surface area contributed by atoms with Crippen LogP contribution in [-0.4, -0.2) is 23.9 Å². The molecule has 0 bridgehead atoms. The second kappa shape index (κ2) is 7.95. The number of benzene rings is 1. The minimum absolute atomic E-state index is 0.207. The van der Waals surface area contributed by atoms with Crippen molar-refractivity contribution in [1.82, 2.24) is 15.8 Å². The number of aromatic nitrogens is 1. The summed E-state index contributed by atoms with van der Waals surface area (Å²) in [4.78, 5) is 27.2. The zero-order valence-electron chi connectivity index (χ0n) is 12.2. The number of hydrazine groups is 1. The molecule has 2 N–H and O–H groups in total. The Morgan fingerprint density at radius 1 is 1.22 bits per heavy atom. The number of pyridine rings is 1. The minimum atomic E-state index is -0.500. The van der Waals surface area contributed by atoms with Crippen molar-refractivity contribution >= 4 is 29.5 Å². The van der Waals surface area contributed by atoms with Crippen molar-refractivity contribution in [2.75, 3.05) is 7.11 Å². The highest BCUT2D eigenvalue weighted by atomic mass is 35.5. The number of halogens is 1. The van der Waals surface area contributed by atoms with Gasteiger partial charge in [-0.2, -0.15) is 0 Å². The molecule has 7 heteroatoms. The SMILES string of the molecule is COc1ccc(/C=C/C(=O)NNC(=O)c2ccccn2)cc1Cl. The van der Waals surface area contributed by atoms with Crippen LogP contribution in [0.1, 0.15) is 16.1 Å². The van der Waals surface area contributed by atoms with E-state index < -0.39 is 11.8 Å². The van der Waals surface area contributed by atoms with Crippen LogP contribution in [0.25, 0.3) is 6.08 Å². The third kappa shape index (κ3) is 4.82. The molecule has 0 radical (unpaired) electrons. The van der Waals surface area contributed by atoms with Crippen molar-refractivity contribution < 1.29 is 14.3 Å². The topological polar surface area (TPSA) is 80.3 Å². The lowest BCUT2D eigenvalue weighted by molar-refractivity contribution is -0.117. The van der Waals surface area contributed by atoms with E-state index in [4.69, 9.17) is 16.3 Å². The molecule has 0 aliphatic rings. The van der Waals surface area contributed by atoms with Gasteiger partial charge in [0.25, 0.3) is 11.8 Å². The first-order chi connectivity index (χ1) is 11.1. The van der Waals surface area contributed by atoms with E-state index in [0.29, 0.717) is 10.8 Å². The van der Waals surface area contributed by atoms with E-state index in [1.165, 1.54) is 25.4 Å². The van der Waals surface area contributed by atoms with Crippen LogP contribution in [0.5, 0.6) is 5.75 Å². The fourth-order valence-corrected chi connectivity index (χ4v) is 1.95. The molecule has 2 rings (SSSR count). The first-order valence-corrected chi connectivity index (χ1v) is 7.01. The number of rotatable bonds is 4. The Hall–Kier alpha value is -2.86. The van der Waals surface area contributed by atoms with Crippen LogP contribution in [-0.2, 0) is 4.79 Å². The number of hydrogen-bond acceptors (Lipinski definition) is 4. The van der Waals surface area contributed by atoms with E-state index in [0.717, 1.165) is 5.56 Å².